The Hall–Kier alpha value is -0.593. The summed E-state index contributed by atoms with van der Waals surface area (Å²) in [5.74, 6) is 0. The molecular weight excluding hydrogens is 262 g/mol. The maximum absolute atomic E-state index is 10.8. The topological polar surface area (TPSA) is 78.8 Å². The Morgan fingerprint density at radius 3 is 2.37 bits per heavy atom. The Bertz CT molecular complexity index is 327. The Kier molecular flexibility index (Phi) is 5.03. The molecule has 0 aliphatic heterocycles. The number of hydrogen-bond acceptors (Lipinski definition) is 3. The number of aliphatic hydroxyl groups is 1. The molecule has 0 saturated heterocycles. The van der Waals surface area contributed by atoms with Crippen LogP contribution in [0.25, 0.3) is 0 Å². The summed E-state index contributed by atoms with van der Waals surface area (Å²) in [5, 5.41) is 21.3. The predicted octanol–water partition coefficient (Wildman–Crippen LogP) is 2.56. The lowest BCUT2D eigenvalue weighted by Crippen LogP contribution is -2.54. The highest BCUT2D eigenvalue weighted by Gasteiger charge is 2.42. The van der Waals surface area contributed by atoms with E-state index in [1.807, 2.05) is 0 Å². The van der Waals surface area contributed by atoms with Crippen molar-refractivity contribution >= 4 is 14.4 Å². The molecule has 0 aromatic carbocycles. The molecule has 112 valence electrons. The van der Waals surface area contributed by atoms with Crippen LogP contribution in [-0.2, 0) is 4.43 Å². The van der Waals surface area contributed by atoms with Crippen LogP contribution in [0.5, 0.6) is 0 Å². The van der Waals surface area contributed by atoms with Gasteiger partial charge in [0, 0.05) is 6.42 Å². The quantitative estimate of drug-likeness (QED) is 0.698. The Balaban J connectivity index is 2.77. The van der Waals surface area contributed by atoms with E-state index in [4.69, 9.17) is 9.53 Å². The second-order valence-electron chi connectivity index (χ2n) is 6.94. The van der Waals surface area contributed by atoms with Crippen LogP contribution in [0, 0.1) is 0 Å². The van der Waals surface area contributed by atoms with E-state index in [0.29, 0.717) is 19.3 Å². The summed E-state index contributed by atoms with van der Waals surface area (Å²) in [5.41, 5.74) is 0. The van der Waals surface area contributed by atoms with E-state index in [1.54, 1.807) is 0 Å². The van der Waals surface area contributed by atoms with Crippen molar-refractivity contribution in [3.63, 3.8) is 0 Å². The molecule has 0 aromatic heterocycles. The molecule has 6 heteroatoms. The van der Waals surface area contributed by atoms with E-state index >= 15 is 0 Å². The monoisotopic (exact) mass is 289 g/mol. The molecule has 0 bridgehead atoms. The van der Waals surface area contributed by atoms with Crippen molar-refractivity contribution in [3.8, 4) is 0 Å². The molecule has 0 spiro atoms. The second-order valence-corrected chi connectivity index (χ2v) is 11.7. The van der Waals surface area contributed by atoms with Crippen molar-refractivity contribution in [1.29, 1.82) is 0 Å². The largest absolute Gasteiger partial charge is 0.465 e. The van der Waals surface area contributed by atoms with Gasteiger partial charge in [-0.25, -0.2) is 4.79 Å². The third-order valence-electron chi connectivity index (χ3n) is 4.33. The summed E-state index contributed by atoms with van der Waals surface area (Å²) in [6, 6.07) is -0.213. The molecule has 0 radical (unpaired) electrons. The van der Waals surface area contributed by atoms with Gasteiger partial charge < -0.3 is 20.0 Å². The maximum atomic E-state index is 10.8. The first-order chi connectivity index (χ1) is 8.53. The van der Waals surface area contributed by atoms with Crippen molar-refractivity contribution < 1.29 is 19.4 Å². The number of hydrogen-bond donors (Lipinski definition) is 3. The molecule has 0 aromatic rings. The van der Waals surface area contributed by atoms with Gasteiger partial charge in [-0.3, -0.25) is 0 Å². The van der Waals surface area contributed by atoms with E-state index in [1.165, 1.54) is 0 Å². The van der Waals surface area contributed by atoms with Crippen LogP contribution in [0.4, 0.5) is 4.79 Å². The molecule has 1 aliphatic rings. The molecule has 3 atom stereocenters. The van der Waals surface area contributed by atoms with Gasteiger partial charge in [-0.05, 0) is 31.0 Å². The molecule has 3 N–H and O–H groups in total. The molecule has 1 rings (SSSR count). The van der Waals surface area contributed by atoms with Crippen LogP contribution in [0.1, 0.15) is 40.0 Å². The summed E-state index contributed by atoms with van der Waals surface area (Å²) in [6.07, 6.45) is 0.138. The van der Waals surface area contributed by atoms with Gasteiger partial charge in [0.15, 0.2) is 8.32 Å². The highest BCUT2D eigenvalue weighted by molar-refractivity contribution is 6.74. The number of carbonyl (C=O) groups is 1. The lowest BCUT2D eigenvalue weighted by molar-refractivity contribution is 0.0241. The highest BCUT2D eigenvalue weighted by atomic mass is 28.4. The number of amides is 1. The zero-order valence-electron chi connectivity index (χ0n) is 12.6. The van der Waals surface area contributed by atoms with Gasteiger partial charge in [-0.2, -0.15) is 0 Å². The first-order valence-corrected chi connectivity index (χ1v) is 9.79. The van der Waals surface area contributed by atoms with Gasteiger partial charge in [0.25, 0.3) is 0 Å². The smallest absolute Gasteiger partial charge is 0.404 e. The fourth-order valence-electron chi connectivity index (χ4n) is 2.12. The molecule has 0 heterocycles. The minimum atomic E-state index is -1.96. The van der Waals surface area contributed by atoms with Crippen molar-refractivity contribution in [2.24, 2.45) is 0 Å². The highest BCUT2D eigenvalue weighted by Crippen LogP contribution is 2.39. The molecule has 5 nitrogen and oxygen atoms in total. The van der Waals surface area contributed by atoms with Gasteiger partial charge >= 0.3 is 6.09 Å². The second kappa shape index (κ2) is 5.81. The van der Waals surface area contributed by atoms with E-state index in [9.17, 15) is 9.90 Å². The lowest BCUT2D eigenvalue weighted by Gasteiger charge is -2.43. The number of carboxylic acid groups (broad SMARTS) is 1. The van der Waals surface area contributed by atoms with Gasteiger partial charge in [-0.15, -0.1) is 0 Å². The number of aliphatic hydroxyl groups excluding tert-OH is 1. The Morgan fingerprint density at radius 1 is 1.32 bits per heavy atom. The molecular formula is C13H27NO4Si. The first-order valence-electron chi connectivity index (χ1n) is 6.88. The van der Waals surface area contributed by atoms with Crippen LogP contribution < -0.4 is 5.32 Å². The SMILES string of the molecule is CC(C)(C)[Si](C)(C)O[C@@H]1C[C@@H](O)CC[C@@H]1NC(=O)O. The summed E-state index contributed by atoms with van der Waals surface area (Å²) in [6.45, 7) is 10.7. The van der Waals surface area contributed by atoms with Crippen LogP contribution >= 0.6 is 0 Å². The number of nitrogens with one attached hydrogen (secondary N) is 1. The molecule has 19 heavy (non-hydrogen) atoms. The Labute approximate surface area is 116 Å². The third kappa shape index (κ3) is 4.47. The van der Waals surface area contributed by atoms with Crippen LogP contribution in [0.15, 0.2) is 0 Å². The van der Waals surface area contributed by atoms with E-state index in [-0.39, 0.29) is 23.3 Å². The van der Waals surface area contributed by atoms with Gasteiger partial charge in [-0.1, -0.05) is 20.8 Å². The zero-order valence-corrected chi connectivity index (χ0v) is 13.6. The van der Waals surface area contributed by atoms with Crippen LogP contribution in [-0.4, -0.2) is 42.9 Å². The van der Waals surface area contributed by atoms with Gasteiger partial charge in [0.1, 0.15) is 0 Å². The normalized spacial score (nSPS) is 29.1. The molecule has 1 saturated carbocycles. The average molecular weight is 289 g/mol. The van der Waals surface area contributed by atoms with Gasteiger partial charge in [0.05, 0.1) is 18.2 Å². The number of rotatable bonds is 3. The van der Waals surface area contributed by atoms with E-state index in [0.717, 1.165) is 0 Å². The molecule has 1 amide bonds. The van der Waals surface area contributed by atoms with E-state index < -0.39 is 14.4 Å². The van der Waals surface area contributed by atoms with Gasteiger partial charge in [0.2, 0.25) is 0 Å². The predicted molar refractivity (Wildman–Crippen MR) is 76.9 cm³/mol. The summed E-state index contributed by atoms with van der Waals surface area (Å²) in [7, 11) is -1.96. The van der Waals surface area contributed by atoms with Crippen LogP contribution in [0.3, 0.4) is 0 Å². The van der Waals surface area contributed by atoms with Crippen molar-refractivity contribution in [2.45, 2.75) is 76.4 Å². The van der Waals surface area contributed by atoms with E-state index in [2.05, 4.69) is 39.2 Å². The van der Waals surface area contributed by atoms with Crippen molar-refractivity contribution in [1.82, 2.24) is 5.32 Å². The Morgan fingerprint density at radius 2 is 1.89 bits per heavy atom. The minimum Gasteiger partial charge on any atom is -0.465 e. The average Bonchev–Trinajstić information content (AvgIpc) is 2.19. The van der Waals surface area contributed by atoms with Crippen molar-refractivity contribution in [3.05, 3.63) is 0 Å². The molecule has 0 unspecified atom stereocenters. The third-order valence-corrected chi connectivity index (χ3v) is 8.83. The molecule has 1 fully saturated rings. The fourth-order valence-corrected chi connectivity index (χ4v) is 3.49. The lowest BCUT2D eigenvalue weighted by atomic mass is 9.90. The summed E-state index contributed by atoms with van der Waals surface area (Å²) in [4.78, 5) is 10.8. The minimum absolute atomic E-state index is 0.0726. The van der Waals surface area contributed by atoms with Crippen LogP contribution in [0.2, 0.25) is 18.1 Å². The summed E-state index contributed by atoms with van der Waals surface area (Å²) < 4.78 is 6.28. The summed E-state index contributed by atoms with van der Waals surface area (Å²) >= 11 is 0. The maximum Gasteiger partial charge on any atom is 0.404 e. The standard InChI is InChI=1S/C13H27NO4Si/c1-13(2,3)19(4,5)18-11-8-9(15)6-7-10(11)14-12(16)17/h9-11,14-15H,6-8H2,1-5H3,(H,16,17)/t9-,10-,11+/m0/s1. The van der Waals surface area contributed by atoms with Crippen molar-refractivity contribution in [2.75, 3.05) is 0 Å². The zero-order chi connectivity index (χ0) is 14.8. The molecule has 1 aliphatic carbocycles. The fraction of sp³-hybridized carbons (Fsp3) is 0.923. The first kappa shape index (κ1) is 16.5.